The maximum atomic E-state index is 13.2. The lowest BCUT2D eigenvalue weighted by molar-refractivity contribution is -0.138. The van der Waals surface area contributed by atoms with Crippen molar-refractivity contribution in [3.8, 4) is 6.07 Å². The molecule has 0 aliphatic heterocycles. The molecule has 120 valence electrons. The van der Waals surface area contributed by atoms with Gasteiger partial charge in [0.1, 0.15) is 11.1 Å². The number of nitrogens with two attached hydrogens (primary N) is 1. The van der Waals surface area contributed by atoms with Crippen LogP contribution in [-0.2, 0) is 16.4 Å². The maximum absolute atomic E-state index is 13.2. The number of nitriles is 1. The Morgan fingerprint density at radius 2 is 2.00 bits per heavy atom. The summed E-state index contributed by atoms with van der Waals surface area (Å²) in [5.74, 6) is -0.393. The molecule has 1 heterocycles. The fourth-order valence-corrected chi connectivity index (χ4v) is 2.55. The summed E-state index contributed by atoms with van der Waals surface area (Å²) >= 11 is 0.926. The number of rotatable bonds is 4. The topological polar surface area (TPSA) is 79.8 Å². The van der Waals surface area contributed by atoms with E-state index in [1.54, 1.807) is 26.8 Å². The van der Waals surface area contributed by atoms with E-state index in [0.29, 0.717) is 0 Å². The predicted molar refractivity (Wildman–Crippen MR) is 77.2 cm³/mol. The van der Waals surface area contributed by atoms with Gasteiger partial charge in [-0.25, -0.2) is 4.98 Å². The number of alkyl halides is 3. The van der Waals surface area contributed by atoms with Crippen LogP contribution in [0.4, 0.5) is 13.2 Å². The third kappa shape index (κ3) is 4.63. The monoisotopic (exact) mass is 331 g/mol. The van der Waals surface area contributed by atoms with Crippen molar-refractivity contribution in [1.29, 1.82) is 5.26 Å². The Balaban J connectivity index is 3.39. The molecule has 2 N–H and O–H groups in total. The average molecular weight is 331 g/mol. The standard InChI is InChI=1S/C14H16F3N3OS/c1-13(2,3)10-6-9(14(15,16)17)8(7-18)12(20-10)22-5-4-11(19)21/h6H,4-5H2,1-3H3,(H2,19,21). The molecule has 1 aromatic heterocycles. The zero-order chi connectivity index (χ0) is 17.1. The summed E-state index contributed by atoms with van der Waals surface area (Å²) in [7, 11) is 0. The van der Waals surface area contributed by atoms with Crippen LogP contribution in [0.2, 0.25) is 0 Å². The molecule has 0 saturated carbocycles. The number of thioether (sulfide) groups is 1. The molecule has 0 unspecified atom stereocenters. The lowest BCUT2D eigenvalue weighted by atomic mass is 9.90. The van der Waals surface area contributed by atoms with Crippen molar-refractivity contribution in [2.45, 2.75) is 43.8 Å². The van der Waals surface area contributed by atoms with E-state index in [4.69, 9.17) is 11.0 Å². The van der Waals surface area contributed by atoms with Gasteiger partial charge in [-0.2, -0.15) is 18.4 Å². The van der Waals surface area contributed by atoms with Gasteiger partial charge < -0.3 is 5.73 Å². The van der Waals surface area contributed by atoms with E-state index in [1.807, 2.05) is 0 Å². The molecule has 22 heavy (non-hydrogen) atoms. The molecule has 8 heteroatoms. The van der Waals surface area contributed by atoms with Crippen molar-refractivity contribution in [2.75, 3.05) is 5.75 Å². The number of amides is 1. The zero-order valence-electron chi connectivity index (χ0n) is 12.4. The van der Waals surface area contributed by atoms with Gasteiger partial charge in [-0.05, 0) is 6.07 Å². The lowest BCUT2D eigenvalue weighted by Crippen LogP contribution is -2.19. The van der Waals surface area contributed by atoms with Crippen molar-refractivity contribution in [3.05, 3.63) is 22.9 Å². The number of hydrogen-bond donors (Lipinski definition) is 1. The Morgan fingerprint density at radius 1 is 1.41 bits per heavy atom. The summed E-state index contributed by atoms with van der Waals surface area (Å²) in [6, 6.07) is 2.48. The predicted octanol–water partition coefficient (Wildman–Crippen LogP) is 3.24. The van der Waals surface area contributed by atoms with Gasteiger partial charge >= 0.3 is 6.18 Å². The van der Waals surface area contributed by atoms with Gasteiger partial charge in [0.05, 0.1) is 11.1 Å². The van der Waals surface area contributed by atoms with Crippen LogP contribution < -0.4 is 5.73 Å². The number of nitrogens with zero attached hydrogens (tertiary/aromatic N) is 2. The largest absolute Gasteiger partial charge is 0.417 e. The van der Waals surface area contributed by atoms with Crippen LogP contribution in [0.15, 0.2) is 11.1 Å². The molecule has 0 aromatic carbocycles. The van der Waals surface area contributed by atoms with Gasteiger partial charge in [0, 0.05) is 23.3 Å². The summed E-state index contributed by atoms with van der Waals surface area (Å²) in [5.41, 5.74) is 3.12. The Labute approximate surface area is 130 Å². The molecule has 0 spiro atoms. The average Bonchev–Trinajstić information content (AvgIpc) is 2.35. The molecule has 0 saturated heterocycles. The molecule has 0 aliphatic carbocycles. The van der Waals surface area contributed by atoms with Crippen molar-refractivity contribution in [2.24, 2.45) is 5.73 Å². The third-order valence-corrected chi connectivity index (χ3v) is 3.74. The minimum absolute atomic E-state index is 0.00167. The van der Waals surface area contributed by atoms with Gasteiger partial charge in [-0.3, -0.25) is 4.79 Å². The molecule has 1 amide bonds. The molecular weight excluding hydrogens is 315 g/mol. The quantitative estimate of drug-likeness (QED) is 0.859. The van der Waals surface area contributed by atoms with Crippen molar-refractivity contribution in [1.82, 2.24) is 4.98 Å². The van der Waals surface area contributed by atoms with Crippen LogP contribution in [0.25, 0.3) is 0 Å². The number of carbonyl (C=O) groups is 1. The minimum Gasteiger partial charge on any atom is -0.370 e. The highest BCUT2D eigenvalue weighted by atomic mass is 32.2. The third-order valence-electron chi connectivity index (χ3n) is 2.76. The van der Waals surface area contributed by atoms with E-state index >= 15 is 0 Å². The van der Waals surface area contributed by atoms with Crippen LogP contribution in [0, 0.1) is 11.3 Å². The van der Waals surface area contributed by atoms with E-state index in [1.165, 1.54) is 0 Å². The van der Waals surface area contributed by atoms with Gasteiger partial charge in [0.25, 0.3) is 0 Å². The first-order valence-electron chi connectivity index (χ1n) is 6.40. The van der Waals surface area contributed by atoms with Crippen molar-refractivity contribution < 1.29 is 18.0 Å². The first-order valence-corrected chi connectivity index (χ1v) is 7.39. The normalized spacial score (nSPS) is 12.0. The molecule has 1 aromatic rings. The Kier molecular flexibility index (Phi) is 5.46. The first kappa shape index (κ1) is 18.3. The van der Waals surface area contributed by atoms with E-state index in [-0.39, 0.29) is 22.9 Å². The number of pyridine rings is 1. The second-order valence-electron chi connectivity index (χ2n) is 5.66. The fraction of sp³-hybridized carbons (Fsp3) is 0.500. The maximum Gasteiger partial charge on any atom is 0.417 e. The van der Waals surface area contributed by atoms with E-state index < -0.39 is 28.6 Å². The molecule has 0 atom stereocenters. The lowest BCUT2D eigenvalue weighted by Gasteiger charge is -2.21. The number of hydrogen-bond acceptors (Lipinski definition) is 4. The van der Waals surface area contributed by atoms with Crippen LogP contribution in [0.1, 0.15) is 44.0 Å². The Morgan fingerprint density at radius 3 is 2.41 bits per heavy atom. The van der Waals surface area contributed by atoms with Gasteiger partial charge in [-0.1, -0.05) is 20.8 Å². The van der Waals surface area contributed by atoms with Crippen molar-refractivity contribution >= 4 is 17.7 Å². The first-order chi connectivity index (χ1) is 9.96. The highest BCUT2D eigenvalue weighted by molar-refractivity contribution is 7.99. The second-order valence-corrected chi connectivity index (χ2v) is 6.74. The Hall–Kier alpha value is -1.75. The van der Waals surface area contributed by atoms with Crippen LogP contribution >= 0.6 is 11.8 Å². The highest BCUT2D eigenvalue weighted by Gasteiger charge is 2.37. The molecule has 0 radical (unpaired) electrons. The van der Waals surface area contributed by atoms with Gasteiger partial charge in [0.2, 0.25) is 5.91 Å². The van der Waals surface area contributed by atoms with Crippen LogP contribution in [0.5, 0.6) is 0 Å². The number of carbonyl (C=O) groups excluding carboxylic acids is 1. The molecule has 4 nitrogen and oxygen atoms in total. The molecule has 0 aliphatic rings. The number of aromatic nitrogens is 1. The SMILES string of the molecule is CC(C)(C)c1cc(C(F)(F)F)c(C#N)c(SCCC(N)=O)n1. The molecule has 1 rings (SSSR count). The second kappa shape index (κ2) is 6.57. The Bertz CT molecular complexity index is 615. The summed E-state index contributed by atoms with van der Waals surface area (Å²) in [5, 5.41) is 9.05. The van der Waals surface area contributed by atoms with Gasteiger partial charge in [0.15, 0.2) is 0 Å². The highest BCUT2D eigenvalue weighted by Crippen LogP contribution is 2.38. The fourth-order valence-electron chi connectivity index (χ4n) is 1.59. The number of halogens is 3. The van der Waals surface area contributed by atoms with E-state index in [0.717, 1.165) is 17.8 Å². The van der Waals surface area contributed by atoms with E-state index in [9.17, 15) is 18.0 Å². The number of primary amides is 1. The smallest absolute Gasteiger partial charge is 0.370 e. The van der Waals surface area contributed by atoms with E-state index in [2.05, 4.69) is 4.98 Å². The van der Waals surface area contributed by atoms with Gasteiger partial charge in [-0.15, -0.1) is 11.8 Å². The van der Waals surface area contributed by atoms with Crippen LogP contribution in [-0.4, -0.2) is 16.6 Å². The molecule has 0 bridgehead atoms. The summed E-state index contributed by atoms with van der Waals surface area (Å²) in [4.78, 5) is 14.9. The zero-order valence-corrected chi connectivity index (χ0v) is 13.2. The molecular formula is C14H16F3N3OS. The summed E-state index contributed by atoms with van der Waals surface area (Å²) < 4.78 is 39.5. The van der Waals surface area contributed by atoms with Crippen LogP contribution in [0.3, 0.4) is 0 Å². The minimum atomic E-state index is -4.65. The molecule has 0 fully saturated rings. The van der Waals surface area contributed by atoms with Crippen molar-refractivity contribution in [3.63, 3.8) is 0 Å². The summed E-state index contributed by atoms with van der Waals surface area (Å²) in [6.07, 6.45) is -4.65. The summed E-state index contributed by atoms with van der Waals surface area (Å²) in [6.45, 7) is 5.21.